The molecule has 1 aromatic rings. The van der Waals surface area contributed by atoms with Crippen LogP contribution in [0.2, 0.25) is 0 Å². The van der Waals surface area contributed by atoms with Crippen LogP contribution in [-0.4, -0.2) is 23.4 Å². The Morgan fingerprint density at radius 2 is 2.27 bits per heavy atom. The summed E-state index contributed by atoms with van der Waals surface area (Å²) in [6.07, 6.45) is 2.58. The molecule has 0 atom stereocenters. The SMILES string of the molecule is O=C(NC1=NCCS1)c1cc[n+]([O-])cc1. The van der Waals surface area contributed by atoms with Gasteiger partial charge < -0.3 is 10.5 Å². The number of nitrogens with one attached hydrogen (secondary N) is 1. The van der Waals surface area contributed by atoms with E-state index < -0.39 is 0 Å². The van der Waals surface area contributed by atoms with Gasteiger partial charge in [-0.15, -0.1) is 0 Å². The number of nitrogens with zero attached hydrogens (tertiary/aromatic N) is 2. The summed E-state index contributed by atoms with van der Waals surface area (Å²) in [5.41, 5.74) is 0.456. The van der Waals surface area contributed by atoms with Crippen LogP contribution in [0.4, 0.5) is 0 Å². The van der Waals surface area contributed by atoms with E-state index >= 15 is 0 Å². The van der Waals surface area contributed by atoms with Crippen LogP contribution in [0.15, 0.2) is 29.5 Å². The minimum atomic E-state index is -0.233. The second-order valence-electron chi connectivity index (χ2n) is 2.94. The van der Waals surface area contributed by atoms with E-state index in [2.05, 4.69) is 10.3 Å². The van der Waals surface area contributed by atoms with Gasteiger partial charge in [-0.1, -0.05) is 11.8 Å². The maximum Gasteiger partial charge on any atom is 0.257 e. The third-order valence-corrected chi connectivity index (χ3v) is 2.76. The summed E-state index contributed by atoms with van der Waals surface area (Å²) < 4.78 is 0.638. The molecule has 0 saturated carbocycles. The number of hydrogen-bond donors (Lipinski definition) is 1. The van der Waals surface area contributed by atoms with Crippen molar-refractivity contribution in [2.24, 2.45) is 4.99 Å². The lowest BCUT2D eigenvalue weighted by molar-refractivity contribution is -0.605. The fourth-order valence-electron chi connectivity index (χ4n) is 1.14. The second-order valence-corrected chi connectivity index (χ2v) is 4.02. The molecule has 0 bridgehead atoms. The van der Waals surface area contributed by atoms with E-state index in [-0.39, 0.29) is 5.91 Å². The summed E-state index contributed by atoms with van der Waals surface area (Å²) in [5, 5.41) is 14.1. The van der Waals surface area contributed by atoms with Crippen molar-refractivity contribution in [3.63, 3.8) is 0 Å². The first-order valence-corrected chi connectivity index (χ1v) is 5.42. The van der Waals surface area contributed by atoms with Crippen molar-refractivity contribution >= 4 is 22.8 Å². The lowest BCUT2D eigenvalue weighted by Gasteiger charge is -2.03. The zero-order valence-electron chi connectivity index (χ0n) is 7.84. The highest BCUT2D eigenvalue weighted by Gasteiger charge is 2.12. The van der Waals surface area contributed by atoms with E-state index in [1.807, 2.05) is 0 Å². The maximum atomic E-state index is 11.6. The van der Waals surface area contributed by atoms with Gasteiger partial charge in [0, 0.05) is 17.9 Å². The molecule has 6 heteroatoms. The number of pyridine rings is 1. The summed E-state index contributed by atoms with van der Waals surface area (Å²) >= 11 is 1.52. The fraction of sp³-hybridized carbons (Fsp3) is 0.222. The fourth-order valence-corrected chi connectivity index (χ4v) is 1.87. The minimum Gasteiger partial charge on any atom is -0.619 e. The molecule has 1 aromatic heterocycles. The number of hydrogen-bond acceptors (Lipinski definition) is 4. The van der Waals surface area contributed by atoms with Gasteiger partial charge in [-0.25, -0.2) is 0 Å². The summed E-state index contributed by atoms with van der Waals surface area (Å²) in [6.45, 7) is 0.746. The first kappa shape index (κ1) is 9.97. The van der Waals surface area contributed by atoms with E-state index in [0.717, 1.165) is 12.3 Å². The first-order valence-electron chi connectivity index (χ1n) is 4.43. The van der Waals surface area contributed by atoms with Gasteiger partial charge in [0.2, 0.25) is 0 Å². The number of amidine groups is 1. The molecule has 15 heavy (non-hydrogen) atoms. The van der Waals surface area contributed by atoms with Crippen molar-refractivity contribution in [1.29, 1.82) is 0 Å². The zero-order chi connectivity index (χ0) is 10.7. The standard InChI is InChI=1S/C9H9N3O2S/c13-8(11-9-10-3-6-15-9)7-1-4-12(14)5-2-7/h1-2,4-5H,3,6H2,(H,10,11,13). The Labute approximate surface area is 90.8 Å². The van der Waals surface area contributed by atoms with E-state index in [0.29, 0.717) is 15.5 Å². The molecule has 78 valence electrons. The highest BCUT2D eigenvalue weighted by atomic mass is 32.2. The molecule has 1 aliphatic heterocycles. The van der Waals surface area contributed by atoms with Gasteiger partial charge in [0.05, 0.1) is 12.1 Å². The highest BCUT2D eigenvalue weighted by molar-refractivity contribution is 8.14. The van der Waals surface area contributed by atoms with E-state index in [4.69, 9.17) is 0 Å². The number of carbonyl (C=O) groups is 1. The molecule has 1 N–H and O–H groups in total. The van der Waals surface area contributed by atoms with Crippen LogP contribution in [-0.2, 0) is 0 Å². The van der Waals surface area contributed by atoms with Gasteiger partial charge in [0.25, 0.3) is 5.91 Å². The quantitative estimate of drug-likeness (QED) is 0.544. The van der Waals surface area contributed by atoms with Gasteiger partial charge in [-0.2, -0.15) is 4.73 Å². The Morgan fingerprint density at radius 1 is 1.53 bits per heavy atom. The summed E-state index contributed by atoms with van der Waals surface area (Å²) in [6, 6.07) is 2.95. The molecule has 0 aromatic carbocycles. The van der Waals surface area contributed by atoms with Crippen LogP contribution in [0.5, 0.6) is 0 Å². The molecule has 1 amide bonds. The molecule has 2 rings (SSSR count). The van der Waals surface area contributed by atoms with E-state index in [9.17, 15) is 10.0 Å². The third kappa shape index (κ3) is 2.47. The lowest BCUT2D eigenvalue weighted by Crippen LogP contribution is -2.29. The third-order valence-electron chi connectivity index (χ3n) is 1.87. The maximum absolute atomic E-state index is 11.6. The number of carbonyl (C=O) groups excluding carboxylic acids is 1. The molecule has 0 unspecified atom stereocenters. The predicted molar refractivity (Wildman–Crippen MR) is 57.6 cm³/mol. The number of amides is 1. The Hall–Kier alpha value is -1.56. The Morgan fingerprint density at radius 3 is 2.87 bits per heavy atom. The molecule has 2 heterocycles. The smallest absolute Gasteiger partial charge is 0.257 e. The Balaban J connectivity index is 2.04. The van der Waals surface area contributed by atoms with Crippen molar-refractivity contribution < 1.29 is 9.52 Å². The highest BCUT2D eigenvalue weighted by Crippen LogP contribution is 2.09. The molecular formula is C9H9N3O2S. The second kappa shape index (κ2) is 4.31. The Bertz CT molecular complexity index is 402. The normalized spacial score (nSPS) is 14.8. The molecular weight excluding hydrogens is 214 g/mol. The zero-order valence-corrected chi connectivity index (χ0v) is 8.66. The van der Waals surface area contributed by atoms with Crippen LogP contribution in [0.3, 0.4) is 0 Å². The molecule has 0 radical (unpaired) electrons. The molecule has 1 aliphatic rings. The largest absolute Gasteiger partial charge is 0.619 e. The van der Waals surface area contributed by atoms with Crippen LogP contribution < -0.4 is 10.0 Å². The van der Waals surface area contributed by atoms with Crippen molar-refractivity contribution in [2.45, 2.75) is 0 Å². The van der Waals surface area contributed by atoms with Gasteiger partial charge in [0.1, 0.15) is 0 Å². The van der Waals surface area contributed by atoms with E-state index in [1.54, 1.807) is 0 Å². The molecule has 0 spiro atoms. The van der Waals surface area contributed by atoms with Crippen LogP contribution in [0, 0.1) is 5.21 Å². The summed E-state index contributed by atoms with van der Waals surface area (Å²) in [7, 11) is 0. The summed E-state index contributed by atoms with van der Waals surface area (Å²) in [5.74, 6) is 0.675. The van der Waals surface area contributed by atoms with Crippen LogP contribution in [0.25, 0.3) is 0 Å². The van der Waals surface area contributed by atoms with Crippen LogP contribution in [0.1, 0.15) is 10.4 Å². The lowest BCUT2D eigenvalue weighted by atomic mass is 10.2. The first-order chi connectivity index (χ1) is 7.25. The van der Waals surface area contributed by atoms with Crippen molar-refractivity contribution in [1.82, 2.24) is 5.32 Å². The van der Waals surface area contributed by atoms with Crippen molar-refractivity contribution in [3.8, 4) is 0 Å². The van der Waals surface area contributed by atoms with Crippen LogP contribution >= 0.6 is 11.8 Å². The van der Waals surface area contributed by atoms with Crippen molar-refractivity contribution in [3.05, 3.63) is 35.3 Å². The van der Waals surface area contributed by atoms with Crippen molar-refractivity contribution in [2.75, 3.05) is 12.3 Å². The number of aliphatic imine (C=N–C) groups is 1. The topological polar surface area (TPSA) is 68.4 Å². The number of rotatable bonds is 1. The van der Waals surface area contributed by atoms with E-state index in [1.165, 1.54) is 36.3 Å². The summed E-state index contributed by atoms with van der Waals surface area (Å²) in [4.78, 5) is 15.7. The van der Waals surface area contributed by atoms with Gasteiger partial charge >= 0.3 is 0 Å². The van der Waals surface area contributed by atoms with Gasteiger partial charge in [-0.05, 0) is 0 Å². The van der Waals surface area contributed by atoms with Gasteiger partial charge in [-0.3, -0.25) is 9.79 Å². The molecule has 5 nitrogen and oxygen atoms in total. The molecule has 0 aliphatic carbocycles. The minimum absolute atomic E-state index is 0.233. The molecule has 0 saturated heterocycles. The average Bonchev–Trinajstić information content (AvgIpc) is 2.71. The molecule has 0 fully saturated rings. The number of aromatic nitrogens is 1. The Kier molecular flexibility index (Phi) is 2.86. The predicted octanol–water partition coefficient (Wildman–Crippen LogP) is 0.153. The average molecular weight is 223 g/mol. The van der Waals surface area contributed by atoms with Gasteiger partial charge in [0.15, 0.2) is 17.6 Å². The number of thioether (sulfide) groups is 1. The monoisotopic (exact) mass is 223 g/mol.